The van der Waals surface area contributed by atoms with Gasteiger partial charge in [-0.25, -0.2) is 0 Å². The van der Waals surface area contributed by atoms with E-state index in [0.717, 1.165) is 38.3 Å². The molecule has 0 aromatic rings. The summed E-state index contributed by atoms with van der Waals surface area (Å²) in [6.45, 7) is 7.16. The van der Waals surface area contributed by atoms with Crippen LogP contribution in [0.4, 0.5) is 0 Å². The molecule has 2 heterocycles. The van der Waals surface area contributed by atoms with E-state index < -0.39 is 0 Å². The average Bonchev–Trinajstić information content (AvgIpc) is 2.59. The standard InChI is InChI=1S/C12H22BrNO2/c13-10-12(2-7-16-8-3-12)11-14-4-1-6-15-9-5-14/h1-11H2. The van der Waals surface area contributed by atoms with Crippen LogP contribution in [0.5, 0.6) is 0 Å². The molecule has 0 bridgehead atoms. The highest BCUT2D eigenvalue weighted by molar-refractivity contribution is 9.09. The first-order chi connectivity index (χ1) is 7.85. The average molecular weight is 292 g/mol. The lowest BCUT2D eigenvalue weighted by atomic mass is 9.82. The number of alkyl halides is 1. The lowest BCUT2D eigenvalue weighted by Crippen LogP contribution is -2.43. The van der Waals surface area contributed by atoms with Gasteiger partial charge in [0.15, 0.2) is 0 Å². The van der Waals surface area contributed by atoms with Gasteiger partial charge in [0.2, 0.25) is 0 Å². The number of halogens is 1. The van der Waals surface area contributed by atoms with Crippen LogP contribution in [0, 0.1) is 5.41 Å². The highest BCUT2D eigenvalue weighted by atomic mass is 79.9. The summed E-state index contributed by atoms with van der Waals surface area (Å²) in [4.78, 5) is 2.57. The van der Waals surface area contributed by atoms with Crippen molar-refractivity contribution in [2.75, 3.05) is 51.4 Å². The molecule has 3 nitrogen and oxygen atoms in total. The molecule has 0 spiro atoms. The number of hydrogen-bond donors (Lipinski definition) is 0. The topological polar surface area (TPSA) is 21.7 Å². The van der Waals surface area contributed by atoms with Gasteiger partial charge in [-0.05, 0) is 24.7 Å². The molecule has 0 aliphatic carbocycles. The van der Waals surface area contributed by atoms with Crippen molar-refractivity contribution in [2.24, 2.45) is 5.41 Å². The van der Waals surface area contributed by atoms with Gasteiger partial charge in [0.1, 0.15) is 0 Å². The smallest absolute Gasteiger partial charge is 0.0593 e. The van der Waals surface area contributed by atoms with Crippen molar-refractivity contribution in [3.05, 3.63) is 0 Å². The lowest BCUT2D eigenvalue weighted by molar-refractivity contribution is 0.00786. The van der Waals surface area contributed by atoms with E-state index in [-0.39, 0.29) is 0 Å². The van der Waals surface area contributed by atoms with Gasteiger partial charge in [-0.1, -0.05) is 15.9 Å². The minimum atomic E-state index is 0.433. The van der Waals surface area contributed by atoms with Crippen LogP contribution in [0.1, 0.15) is 19.3 Å². The van der Waals surface area contributed by atoms with Crippen molar-refractivity contribution < 1.29 is 9.47 Å². The molecule has 94 valence electrons. The Hall–Kier alpha value is 0.360. The molecule has 0 saturated carbocycles. The third kappa shape index (κ3) is 3.42. The summed E-state index contributed by atoms with van der Waals surface area (Å²) in [5.41, 5.74) is 0.433. The summed E-state index contributed by atoms with van der Waals surface area (Å²) >= 11 is 3.70. The molecule has 0 unspecified atom stereocenters. The highest BCUT2D eigenvalue weighted by Gasteiger charge is 2.33. The molecular weight excluding hydrogens is 270 g/mol. The Morgan fingerprint density at radius 1 is 1.00 bits per heavy atom. The summed E-state index contributed by atoms with van der Waals surface area (Å²) in [5, 5.41) is 1.10. The van der Waals surface area contributed by atoms with Gasteiger partial charge in [-0.3, -0.25) is 0 Å². The van der Waals surface area contributed by atoms with Gasteiger partial charge in [0, 0.05) is 44.8 Å². The highest BCUT2D eigenvalue weighted by Crippen LogP contribution is 2.33. The molecule has 0 radical (unpaired) electrons. The number of rotatable bonds is 3. The molecule has 0 amide bonds. The molecule has 16 heavy (non-hydrogen) atoms. The molecule has 2 saturated heterocycles. The van der Waals surface area contributed by atoms with Crippen molar-refractivity contribution in [2.45, 2.75) is 19.3 Å². The summed E-state index contributed by atoms with van der Waals surface area (Å²) in [5.74, 6) is 0. The van der Waals surface area contributed by atoms with Crippen LogP contribution in [0.25, 0.3) is 0 Å². The Kier molecular flexibility index (Phi) is 5.07. The Bertz CT molecular complexity index is 199. The molecule has 2 aliphatic heterocycles. The fraction of sp³-hybridized carbons (Fsp3) is 1.00. The van der Waals surface area contributed by atoms with Crippen LogP contribution in [-0.2, 0) is 9.47 Å². The molecule has 2 fully saturated rings. The normalized spacial score (nSPS) is 27.6. The summed E-state index contributed by atoms with van der Waals surface area (Å²) in [7, 11) is 0. The molecule has 4 heteroatoms. The first-order valence-electron chi connectivity index (χ1n) is 6.28. The summed E-state index contributed by atoms with van der Waals surface area (Å²) < 4.78 is 11.0. The minimum Gasteiger partial charge on any atom is -0.381 e. The van der Waals surface area contributed by atoms with Crippen molar-refractivity contribution in [1.29, 1.82) is 0 Å². The first-order valence-corrected chi connectivity index (χ1v) is 7.41. The predicted octanol–water partition coefficient (Wildman–Crippen LogP) is 1.90. The number of hydrogen-bond acceptors (Lipinski definition) is 3. The van der Waals surface area contributed by atoms with Crippen LogP contribution in [0.2, 0.25) is 0 Å². The fourth-order valence-electron chi connectivity index (χ4n) is 2.57. The van der Waals surface area contributed by atoms with Crippen LogP contribution >= 0.6 is 15.9 Å². The van der Waals surface area contributed by atoms with E-state index in [0.29, 0.717) is 5.41 Å². The van der Waals surface area contributed by atoms with Gasteiger partial charge in [0.25, 0.3) is 0 Å². The second-order valence-electron chi connectivity index (χ2n) is 4.99. The molecule has 2 aliphatic rings. The molecule has 0 N–H and O–H groups in total. The van der Waals surface area contributed by atoms with Crippen molar-refractivity contribution in [1.82, 2.24) is 4.90 Å². The van der Waals surface area contributed by atoms with E-state index in [1.54, 1.807) is 0 Å². The third-order valence-electron chi connectivity index (χ3n) is 3.71. The zero-order valence-electron chi connectivity index (χ0n) is 9.92. The Labute approximate surface area is 107 Å². The largest absolute Gasteiger partial charge is 0.381 e. The molecular formula is C12H22BrNO2. The van der Waals surface area contributed by atoms with E-state index >= 15 is 0 Å². The fourth-order valence-corrected chi connectivity index (χ4v) is 3.31. The van der Waals surface area contributed by atoms with Gasteiger partial charge < -0.3 is 14.4 Å². The lowest BCUT2D eigenvalue weighted by Gasteiger charge is -2.39. The van der Waals surface area contributed by atoms with E-state index in [1.165, 1.54) is 32.4 Å². The zero-order valence-corrected chi connectivity index (χ0v) is 11.5. The molecule has 0 atom stereocenters. The van der Waals surface area contributed by atoms with Crippen molar-refractivity contribution in [3.63, 3.8) is 0 Å². The maximum atomic E-state index is 5.50. The predicted molar refractivity (Wildman–Crippen MR) is 68.2 cm³/mol. The van der Waals surface area contributed by atoms with E-state index in [2.05, 4.69) is 20.8 Å². The van der Waals surface area contributed by atoms with E-state index in [4.69, 9.17) is 9.47 Å². The monoisotopic (exact) mass is 291 g/mol. The van der Waals surface area contributed by atoms with E-state index in [1.807, 2.05) is 0 Å². The van der Waals surface area contributed by atoms with Gasteiger partial charge in [-0.2, -0.15) is 0 Å². The Morgan fingerprint density at radius 3 is 2.50 bits per heavy atom. The van der Waals surface area contributed by atoms with Crippen LogP contribution in [0.3, 0.4) is 0 Å². The van der Waals surface area contributed by atoms with Gasteiger partial charge in [0.05, 0.1) is 6.61 Å². The van der Waals surface area contributed by atoms with Crippen LogP contribution in [-0.4, -0.2) is 56.3 Å². The van der Waals surface area contributed by atoms with Gasteiger partial charge >= 0.3 is 0 Å². The maximum Gasteiger partial charge on any atom is 0.0593 e. The Morgan fingerprint density at radius 2 is 1.75 bits per heavy atom. The quantitative estimate of drug-likeness (QED) is 0.742. The Balaban J connectivity index is 1.88. The van der Waals surface area contributed by atoms with Crippen molar-refractivity contribution >= 4 is 15.9 Å². The van der Waals surface area contributed by atoms with Crippen LogP contribution < -0.4 is 0 Å². The second-order valence-corrected chi connectivity index (χ2v) is 5.55. The van der Waals surface area contributed by atoms with E-state index in [9.17, 15) is 0 Å². The second kappa shape index (κ2) is 6.34. The first kappa shape index (κ1) is 12.8. The minimum absolute atomic E-state index is 0.433. The zero-order chi connectivity index (χ0) is 11.3. The summed E-state index contributed by atoms with van der Waals surface area (Å²) in [6, 6.07) is 0. The number of ether oxygens (including phenoxy) is 2. The third-order valence-corrected chi connectivity index (χ3v) is 4.90. The van der Waals surface area contributed by atoms with Crippen LogP contribution in [0.15, 0.2) is 0 Å². The molecule has 0 aromatic carbocycles. The SMILES string of the molecule is BrCC1(CN2CCCOCC2)CCOCC1. The van der Waals surface area contributed by atoms with Crippen molar-refractivity contribution in [3.8, 4) is 0 Å². The van der Waals surface area contributed by atoms with Gasteiger partial charge in [-0.15, -0.1) is 0 Å². The molecule has 0 aromatic heterocycles. The molecule has 2 rings (SSSR count). The summed E-state index contributed by atoms with van der Waals surface area (Å²) in [6.07, 6.45) is 3.56. The maximum absolute atomic E-state index is 5.50. The number of nitrogens with zero attached hydrogens (tertiary/aromatic N) is 1.